The van der Waals surface area contributed by atoms with Crippen LogP contribution in [0.2, 0.25) is 0 Å². The average molecular weight is 135 g/mol. The molecule has 0 heterocycles. The Kier molecular flexibility index (Phi) is 2.51. The van der Waals surface area contributed by atoms with Gasteiger partial charge in [0, 0.05) is 6.92 Å². The minimum atomic E-state index is 0.809. The molecule has 0 aliphatic carbocycles. The van der Waals surface area contributed by atoms with Gasteiger partial charge in [0.05, 0.1) is 26.7 Å². The molecule has 0 fully saturated rings. The Hall–Kier alpha value is -0.0100. The van der Waals surface area contributed by atoms with Crippen molar-refractivity contribution in [2.24, 2.45) is 0 Å². The first-order valence-electron chi connectivity index (χ1n) is 2.57. The van der Waals surface area contributed by atoms with E-state index in [1.165, 1.54) is 0 Å². The van der Waals surface area contributed by atoms with Crippen LogP contribution in [0.1, 0.15) is 6.92 Å². The zero-order valence-corrected chi connectivity index (χ0v) is 6.66. The van der Waals surface area contributed by atoms with E-state index in [0.29, 0.717) is 0 Å². The summed E-state index contributed by atoms with van der Waals surface area (Å²) >= 11 is 5.46. The lowest BCUT2D eigenvalue weighted by atomic mass is 10.4. The summed E-state index contributed by atoms with van der Waals surface area (Å²) in [6, 6.07) is 0. The van der Waals surface area contributed by atoms with Crippen LogP contribution in [0.4, 0.5) is 0 Å². The number of hydrogen-bond donors (Lipinski definition) is 0. The SMILES string of the molecule is CC(=CCl)[N+](C)(C)C. The summed E-state index contributed by atoms with van der Waals surface area (Å²) in [6.45, 7) is 2.01. The van der Waals surface area contributed by atoms with Gasteiger partial charge in [-0.25, -0.2) is 0 Å². The molecule has 0 aliphatic rings. The highest BCUT2D eigenvalue weighted by Crippen LogP contribution is 2.06. The fourth-order valence-electron chi connectivity index (χ4n) is 0.146. The van der Waals surface area contributed by atoms with E-state index in [2.05, 4.69) is 21.1 Å². The van der Waals surface area contributed by atoms with E-state index in [1.807, 2.05) is 6.92 Å². The minimum absolute atomic E-state index is 0.809. The maximum Gasteiger partial charge on any atom is 0.116 e. The lowest BCUT2D eigenvalue weighted by Crippen LogP contribution is -2.31. The molecule has 0 radical (unpaired) electrons. The fourth-order valence-corrected chi connectivity index (χ4v) is 0.439. The van der Waals surface area contributed by atoms with E-state index in [9.17, 15) is 0 Å². The standard InChI is InChI=1S/C6H13ClN/c1-6(5-7)8(2,3)4/h5H,1-4H3/q+1. The molecule has 1 nitrogen and oxygen atoms in total. The zero-order chi connectivity index (χ0) is 6.78. The average Bonchev–Trinajstić information content (AvgIpc) is 1.62. The molecule has 0 saturated heterocycles. The molecule has 0 unspecified atom stereocenters. The summed E-state index contributed by atoms with van der Waals surface area (Å²) in [7, 11) is 6.23. The van der Waals surface area contributed by atoms with Crippen molar-refractivity contribution in [3.05, 3.63) is 11.2 Å². The number of hydrogen-bond acceptors (Lipinski definition) is 0. The van der Waals surface area contributed by atoms with Gasteiger partial charge >= 0.3 is 0 Å². The van der Waals surface area contributed by atoms with Crippen LogP contribution in [-0.2, 0) is 0 Å². The molecule has 0 saturated carbocycles. The normalized spacial score (nSPS) is 14.4. The van der Waals surface area contributed by atoms with Crippen LogP contribution in [0.5, 0.6) is 0 Å². The molecule has 0 amide bonds. The predicted octanol–water partition coefficient (Wildman–Crippen LogP) is 1.79. The number of halogens is 1. The van der Waals surface area contributed by atoms with E-state index < -0.39 is 0 Å². The summed E-state index contributed by atoms with van der Waals surface area (Å²) in [5, 5.41) is 0. The third-order valence-electron chi connectivity index (χ3n) is 1.22. The third kappa shape index (κ3) is 2.34. The van der Waals surface area contributed by atoms with Crippen molar-refractivity contribution < 1.29 is 4.48 Å². The molecule has 0 aromatic rings. The number of quaternary nitrogens is 1. The van der Waals surface area contributed by atoms with E-state index >= 15 is 0 Å². The van der Waals surface area contributed by atoms with Crippen molar-refractivity contribution in [1.29, 1.82) is 0 Å². The Morgan fingerprint density at radius 3 is 1.75 bits per heavy atom. The zero-order valence-electron chi connectivity index (χ0n) is 5.90. The van der Waals surface area contributed by atoms with Crippen LogP contribution in [0.3, 0.4) is 0 Å². The van der Waals surface area contributed by atoms with Crippen molar-refractivity contribution in [3.63, 3.8) is 0 Å². The second-order valence-electron chi connectivity index (χ2n) is 2.76. The van der Waals surface area contributed by atoms with Crippen molar-refractivity contribution in [2.75, 3.05) is 21.1 Å². The highest BCUT2D eigenvalue weighted by molar-refractivity contribution is 6.25. The first-order chi connectivity index (χ1) is 3.48. The Bertz CT molecular complexity index is 99.6. The fraction of sp³-hybridized carbons (Fsp3) is 0.667. The van der Waals surface area contributed by atoms with Gasteiger partial charge in [-0.15, -0.1) is 0 Å². The maximum absolute atomic E-state index is 5.46. The topological polar surface area (TPSA) is 0 Å². The quantitative estimate of drug-likeness (QED) is 0.480. The molecular weight excluding hydrogens is 122 g/mol. The molecular formula is C6H13ClN+. The molecule has 0 spiro atoms. The number of rotatable bonds is 1. The highest BCUT2D eigenvalue weighted by Gasteiger charge is 2.07. The second kappa shape index (κ2) is 2.51. The Morgan fingerprint density at radius 1 is 1.38 bits per heavy atom. The summed E-state index contributed by atoms with van der Waals surface area (Å²) in [4.78, 5) is 0. The molecule has 0 N–H and O–H groups in total. The molecule has 0 aromatic carbocycles. The first-order valence-corrected chi connectivity index (χ1v) is 3.01. The van der Waals surface area contributed by atoms with Gasteiger partial charge in [-0.05, 0) is 0 Å². The summed E-state index contributed by atoms with van der Waals surface area (Å²) in [6.07, 6.45) is 0. The second-order valence-corrected chi connectivity index (χ2v) is 2.98. The van der Waals surface area contributed by atoms with Gasteiger partial charge in [-0.3, -0.25) is 0 Å². The van der Waals surface area contributed by atoms with Crippen LogP contribution in [0.15, 0.2) is 11.2 Å². The molecule has 0 rings (SSSR count). The van der Waals surface area contributed by atoms with Crippen LogP contribution in [-0.4, -0.2) is 25.6 Å². The smallest absolute Gasteiger partial charge is 0.116 e. The van der Waals surface area contributed by atoms with E-state index in [1.54, 1.807) is 5.54 Å². The van der Waals surface area contributed by atoms with Gasteiger partial charge in [-0.1, -0.05) is 11.6 Å². The summed E-state index contributed by atoms with van der Waals surface area (Å²) in [5.41, 5.74) is 2.77. The summed E-state index contributed by atoms with van der Waals surface area (Å²) in [5.74, 6) is 0. The van der Waals surface area contributed by atoms with Crippen molar-refractivity contribution >= 4 is 11.6 Å². The van der Waals surface area contributed by atoms with Crippen LogP contribution >= 0.6 is 11.6 Å². The van der Waals surface area contributed by atoms with E-state index in [4.69, 9.17) is 11.6 Å². The van der Waals surface area contributed by atoms with E-state index in [0.717, 1.165) is 10.2 Å². The summed E-state index contributed by atoms with van der Waals surface area (Å²) < 4.78 is 0.809. The monoisotopic (exact) mass is 134 g/mol. The van der Waals surface area contributed by atoms with Crippen molar-refractivity contribution in [3.8, 4) is 0 Å². The van der Waals surface area contributed by atoms with Gasteiger partial charge in [0.15, 0.2) is 0 Å². The van der Waals surface area contributed by atoms with Gasteiger partial charge in [-0.2, -0.15) is 0 Å². The molecule has 0 aromatic heterocycles. The molecule has 48 valence electrons. The van der Waals surface area contributed by atoms with Crippen molar-refractivity contribution in [2.45, 2.75) is 6.92 Å². The van der Waals surface area contributed by atoms with Crippen molar-refractivity contribution in [1.82, 2.24) is 0 Å². The largest absolute Gasteiger partial charge is 0.301 e. The molecule has 0 bridgehead atoms. The Labute approximate surface area is 56.1 Å². The van der Waals surface area contributed by atoms with Crippen LogP contribution in [0, 0.1) is 0 Å². The van der Waals surface area contributed by atoms with E-state index in [-0.39, 0.29) is 0 Å². The number of allylic oxidation sites excluding steroid dienone is 1. The maximum atomic E-state index is 5.46. The van der Waals surface area contributed by atoms with Gasteiger partial charge in [0.2, 0.25) is 0 Å². The Morgan fingerprint density at radius 2 is 1.75 bits per heavy atom. The van der Waals surface area contributed by atoms with Gasteiger partial charge in [0.1, 0.15) is 5.70 Å². The van der Waals surface area contributed by atoms with Gasteiger partial charge < -0.3 is 4.48 Å². The molecule has 0 atom stereocenters. The predicted molar refractivity (Wildman–Crippen MR) is 37.6 cm³/mol. The lowest BCUT2D eigenvalue weighted by Gasteiger charge is -2.22. The number of nitrogens with zero attached hydrogens (tertiary/aromatic N) is 1. The minimum Gasteiger partial charge on any atom is -0.301 e. The van der Waals surface area contributed by atoms with Crippen LogP contribution < -0.4 is 0 Å². The molecule has 0 aliphatic heterocycles. The lowest BCUT2D eigenvalue weighted by molar-refractivity contribution is -0.831. The Balaban J connectivity index is 4.03. The van der Waals surface area contributed by atoms with Crippen LogP contribution in [0.25, 0.3) is 0 Å². The molecule has 8 heavy (non-hydrogen) atoms. The molecule has 2 heteroatoms. The first kappa shape index (κ1) is 7.99. The highest BCUT2D eigenvalue weighted by atomic mass is 35.5. The third-order valence-corrected chi connectivity index (χ3v) is 1.53. The van der Waals surface area contributed by atoms with Gasteiger partial charge in [0.25, 0.3) is 0 Å².